The molecule has 8 nitrogen and oxygen atoms in total. The van der Waals surface area contributed by atoms with E-state index in [1.807, 2.05) is 37.3 Å². The van der Waals surface area contributed by atoms with E-state index < -0.39 is 11.7 Å². The van der Waals surface area contributed by atoms with Gasteiger partial charge in [-0.3, -0.25) is 19.3 Å². The number of benzene rings is 2. The fourth-order valence-corrected chi connectivity index (χ4v) is 3.40. The maximum atomic E-state index is 13.0. The number of ether oxygens (including phenoxy) is 3. The first-order valence-electron chi connectivity index (χ1n) is 9.03. The number of rotatable bonds is 7. The second-order valence-electron chi connectivity index (χ2n) is 6.23. The molecule has 2 aromatic carbocycles. The van der Waals surface area contributed by atoms with Crippen molar-refractivity contribution in [1.82, 2.24) is 0 Å². The number of carbonyl (C=O) groups is 3. The van der Waals surface area contributed by atoms with Crippen molar-refractivity contribution in [2.24, 2.45) is 0 Å². The summed E-state index contributed by atoms with van der Waals surface area (Å²) in [5, 5.41) is 0. The number of hydrogen-bond donors (Lipinski definition) is 0. The minimum absolute atomic E-state index is 0.0608. The van der Waals surface area contributed by atoms with Gasteiger partial charge >= 0.3 is 0 Å². The van der Waals surface area contributed by atoms with Gasteiger partial charge in [-0.1, -0.05) is 18.2 Å². The molecule has 1 aliphatic heterocycles. The molecule has 2 amide bonds. The van der Waals surface area contributed by atoms with Gasteiger partial charge in [0.2, 0.25) is 11.7 Å². The van der Waals surface area contributed by atoms with Gasteiger partial charge in [0.25, 0.3) is 11.7 Å². The molecule has 2 aromatic rings. The van der Waals surface area contributed by atoms with Crippen LogP contribution < -0.4 is 24.0 Å². The van der Waals surface area contributed by atoms with E-state index in [0.717, 1.165) is 4.90 Å². The molecule has 1 heterocycles. The fraction of sp³-hybridized carbons (Fsp3) is 0.286. The Morgan fingerprint density at radius 1 is 1.00 bits per heavy atom. The Morgan fingerprint density at radius 3 is 2.21 bits per heavy atom. The van der Waals surface area contributed by atoms with Crippen LogP contribution >= 0.6 is 0 Å². The number of para-hydroxylation sites is 1. The summed E-state index contributed by atoms with van der Waals surface area (Å²) in [6, 6.07) is 10.6. The normalized spacial score (nSPS) is 12.6. The van der Waals surface area contributed by atoms with E-state index >= 15 is 0 Å². The zero-order chi connectivity index (χ0) is 21.1. The summed E-state index contributed by atoms with van der Waals surface area (Å²) in [6.07, 6.45) is 0. The van der Waals surface area contributed by atoms with Gasteiger partial charge in [-0.15, -0.1) is 0 Å². The number of anilines is 2. The minimum Gasteiger partial charge on any atom is -0.493 e. The van der Waals surface area contributed by atoms with Crippen molar-refractivity contribution in [3.05, 3.63) is 42.0 Å². The highest BCUT2D eigenvalue weighted by molar-refractivity contribution is 6.53. The first kappa shape index (κ1) is 20.2. The predicted molar refractivity (Wildman–Crippen MR) is 107 cm³/mol. The van der Waals surface area contributed by atoms with E-state index in [0.29, 0.717) is 18.0 Å². The summed E-state index contributed by atoms with van der Waals surface area (Å²) >= 11 is 0. The Kier molecular flexibility index (Phi) is 5.72. The van der Waals surface area contributed by atoms with E-state index in [1.54, 1.807) is 4.90 Å². The maximum absolute atomic E-state index is 13.0. The molecule has 152 valence electrons. The second kappa shape index (κ2) is 8.22. The van der Waals surface area contributed by atoms with Crippen LogP contribution in [0.2, 0.25) is 0 Å². The second-order valence-corrected chi connectivity index (χ2v) is 6.23. The van der Waals surface area contributed by atoms with Crippen molar-refractivity contribution in [3.63, 3.8) is 0 Å². The van der Waals surface area contributed by atoms with Gasteiger partial charge in [0.1, 0.15) is 6.54 Å². The molecule has 0 saturated carbocycles. The lowest BCUT2D eigenvalue weighted by atomic mass is 10.1. The average Bonchev–Trinajstić information content (AvgIpc) is 2.98. The van der Waals surface area contributed by atoms with Gasteiger partial charge in [-0.05, 0) is 19.1 Å². The minimum atomic E-state index is -0.800. The van der Waals surface area contributed by atoms with Crippen molar-refractivity contribution in [1.29, 1.82) is 0 Å². The van der Waals surface area contributed by atoms with Gasteiger partial charge in [0, 0.05) is 18.3 Å². The van der Waals surface area contributed by atoms with E-state index in [9.17, 15) is 14.4 Å². The molecule has 8 heteroatoms. The zero-order valence-electron chi connectivity index (χ0n) is 16.7. The van der Waals surface area contributed by atoms with Crippen LogP contribution in [0.1, 0.15) is 17.3 Å². The van der Waals surface area contributed by atoms with Crippen molar-refractivity contribution < 1.29 is 28.6 Å². The molecule has 0 aliphatic carbocycles. The smallest absolute Gasteiger partial charge is 0.300 e. The topological polar surface area (TPSA) is 85.4 Å². The highest BCUT2D eigenvalue weighted by atomic mass is 16.5. The number of Topliss-reactive ketones (excluding diaryl/α,β-unsaturated/α-hetero) is 1. The molecule has 0 bridgehead atoms. The van der Waals surface area contributed by atoms with Crippen LogP contribution in [0, 0.1) is 0 Å². The standard InChI is InChI=1S/C21H22N2O6/c1-5-22(13-9-7-6-8-10-13)16(24)12-23-14-11-15(27-2)19(28-3)20(29-4)17(14)18(25)21(23)26/h6-11H,5,12H2,1-4H3. The Hall–Kier alpha value is -3.55. The molecule has 0 N–H and O–H groups in total. The Bertz CT molecular complexity index is 957. The van der Waals surface area contributed by atoms with Gasteiger partial charge in [0.05, 0.1) is 32.6 Å². The van der Waals surface area contributed by atoms with Gasteiger partial charge in [-0.2, -0.15) is 0 Å². The molecule has 0 radical (unpaired) electrons. The van der Waals surface area contributed by atoms with E-state index in [2.05, 4.69) is 0 Å². The molecule has 0 unspecified atom stereocenters. The summed E-state index contributed by atoms with van der Waals surface area (Å²) < 4.78 is 15.9. The molecule has 3 rings (SSSR count). The van der Waals surface area contributed by atoms with Crippen LogP contribution in [0.5, 0.6) is 17.2 Å². The first-order valence-corrected chi connectivity index (χ1v) is 9.03. The third-order valence-corrected chi connectivity index (χ3v) is 4.74. The van der Waals surface area contributed by atoms with E-state index in [-0.39, 0.29) is 35.2 Å². The lowest BCUT2D eigenvalue weighted by molar-refractivity contribution is -0.120. The Labute approximate surface area is 168 Å². The van der Waals surface area contributed by atoms with Crippen LogP contribution in [-0.2, 0) is 9.59 Å². The molecular weight excluding hydrogens is 376 g/mol. The highest BCUT2D eigenvalue weighted by Crippen LogP contribution is 2.48. The summed E-state index contributed by atoms with van der Waals surface area (Å²) in [4.78, 5) is 41.0. The number of amides is 2. The average molecular weight is 398 g/mol. The number of fused-ring (bicyclic) bond motifs is 1. The zero-order valence-corrected chi connectivity index (χ0v) is 16.7. The summed E-state index contributed by atoms with van der Waals surface area (Å²) in [7, 11) is 4.22. The van der Waals surface area contributed by atoms with Crippen LogP contribution in [0.25, 0.3) is 0 Å². The molecule has 0 aromatic heterocycles. The molecule has 0 fully saturated rings. The van der Waals surface area contributed by atoms with E-state index in [1.165, 1.54) is 27.4 Å². The van der Waals surface area contributed by atoms with Crippen LogP contribution in [0.15, 0.2) is 36.4 Å². The maximum Gasteiger partial charge on any atom is 0.300 e. The van der Waals surface area contributed by atoms with Gasteiger partial charge in [-0.25, -0.2) is 0 Å². The van der Waals surface area contributed by atoms with Crippen LogP contribution in [0.4, 0.5) is 11.4 Å². The number of likely N-dealkylation sites (N-methyl/N-ethyl adjacent to an activating group) is 1. The summed E-state index contributed by atoms with van der Waals surface area (Å²) in [5.41, 5.74) is 1.03. The summed E-state index contributed by atoms with van der Waals surface area (Å²) in [5.74, 6) is -1.27. The Morgan fingerprint density at radius 2 is 1.66 bits per heavy atom. The Balaban J connectivity index is 2.02. The van der Waals surface area contributed by atoms with Gasteiger partial charge in [0.15, 0.2) is 11.5 Å². The monoisotopic (exact) mass is 398 g/mol. The first-order chi connectivity index (χ1) is 14.0. The quantitative estimate of drug-likeness (QED) is 0.666. The molecule has 0 saturated heterocycles. The van der Waals surface area contributed by atoms with Crippen molar-refractivity contribution >= 4 is 29.0 Å². The third kappa shape index (κ3) is 3.37. The molecule has 1 aliphatic rings. The number of methoxy groups -OCH3 is 3. The number of hydrogen-bond acceptors (Lipinski definition) is 6. The predicted octanol–water partition coefficient (Wildman–Crippen LogP) is 2.29. The largest absolute Gasteiger partial charge is 0.493 e. The summed E-state index contributed by atoms with van der Waals surface area (Å²) in [6.45, 7) is 1.96. The van der Waals surface area contributed by atoms with Crippen molar-refractivity contribution in [3.8, 4) is 17.2 Å². The number of nitrogens with zero attached hydrogens (tertiary/aromatic N) is 2. The number of carbonyl (C=O) groups excluding carboxylic acids is 3. The van der Waals surface area contributed by atoms with Crippen LogP contribution in [0.3, 0.4) is 0 Å². The SMILES string of the molecule is CCN(C(=O)CN1C(=O)C(=O)c2c1cc(OC)c(OC)c2OC)c1ccccc1. The fourth-order valence-electron chi connectivity index (χ4n) is 3.40. The lowest BCUT2D eigenvalue weighted by Crippen LogP contribution is -2.42. The molecule has 29 heavy (non-hydrogen) atoms. The van der Waals surface area contributed by atoms with Gasteiger partial charge < -0.3 is 19.1 Å². The highest BCUT2D eigenvalue weighted by Gasteiger charge is 2.42. The molecule has 0 spiro atoms. The molecular formula is C21H22N2O6. The third-order valence-electron chi connectivity index (χ3n) is 4.74. The molecule has 0 atom stereocenters. The number of ketones is 1. The lowest BCUT2D eigenvalue weighted by Gasteiger charge is -2.25. The van der Waals surface area contributed by atoms with Crippen molar-refractivity contribution in [2.45, 2.75) is 6.92 Å². The van der Waals surface area contributed by atoms with E-state index in [4.69, 9.17) is 14.2 Å². The van der Waals surface area contributed by atoms with Crippen molar-refractivity contribution in [2.75, 3.05) is 44.2 Å². The van der Waals surface area contributed by atoms with Crippen LogP contribution in [-0.4, -0.2) is 52.0 Å².